The van der Waals surface area contributed by atoms with E-state index in [0.717, 1.165) is 0 Å². The number of methoxy groups -OCH3 is 2. The molecule has 3 aliphatic heterocycles. The fourth-order valence-electron chi connectivity index (χ4n) is 12.6. The third-order valence-corrected chi connectivity index (χ3v) is 15.9. The number of nitrogens with zero attached hydrogens (tertiary/aromatic N) is 1. The number of fused-ring (bicyclic) bond motifs is 4. The van der Waals surface area contributed by atoms with Crippen molar-refractivity contribution in [1.82, 2.24) is 4.90 Å². The molecule has 2 saturated carbocycles. The van der Waals surface area contributed by atoms with Crippen LogP contribution in [0.1, 0.15) is 118 Å². The van der Waals surface area contributed by atoms with Crippen LogP contribution in [0.15, 0.2) is 72.3 Å². The molecule has 2 bridgehead atoms. The molecule has 5 fully saturated rings. The van der Waals surface area contributed by atoms with Crippen LogP contribution in [0.25, 0.3) is 0 Å². The summed E-state index contributed by atoms with van der Waals surface area (Å²) in [6.45, 7) is 22.5. The Balaban J connectivity index is 1.32. The first-order chi connectivity index (χ1) is 34.3. The minimum absolute atomic E-state index is 0.0853. The van der Waals surface area contributed by atoms with Crippen molar-refractivity contribution >= 4 is 30.0 Å². The molecule has 0 radical (unpaired) electrons. The molecule has 73 heavy (non-hydrogen) atoms. The fourth-order valence-corrected chi connectivity index (χ4v) is 12.6. The standard InChI is InChI=1S/C55H71NO17/c1-15-40-68-38-25-39-54(27-65-39,72-31(6)58)44-46(71-48(59)32-19-17-16-18-20-32)55(62)26-37(29(4)41(52(55,10)11)43(66-30(5)57)45(69-40)53(38,44)12)67-49(60)42-35(23-28(2)3)56(50(61)73-51(7,8)9)47(70-42)34-22-21-33(63-13)24-36(34)64-14/h15-22,24,28,35,37-40,42-47,62H,1,23,25-27H2,2-14H3/t35-,37-,38-,39+,40?,42+,43-,44-,45-,46-,47?,53+,54-,55+/m0/s1. The smallest absolute Gasteiger partial charge is 0.413 e. The minimum Gasteiger partial charge on any atom is -0.497 e. The number of hydrogen-bond donors (Lipinski definition) is 1. The number of carbonyl (C=O) groups excluding carboxylic acids is 5. The summed E-state index contributed by atoms with van der Waals surface area (Å²) in [5.41, 5.74) is -6.31. The lowest BCUT2D eigenvalue weighted by Crippen LogP contribution is -2.83. The van der Waals surface area contributed by atoms with E-state index in [0.29, 0.717) is 28.2 Å². The highest BCUT2D eigenvalue weighted by Crippen LogP contribution is 2.67. The molecule has 1 amide bonds. The first kappa shape index (κ1) is 53.8. The van der Waals surface area contributed by atoms with E-state index >= 15 is 4.79 Å². The zero-order valence-electron chi connectivity index (χ0n) is 44.1. The normalized spacial score (nSPS) is 35.2. The Morgan fingerprint density at radius 3 is 2.19 bits per heavy atom. The number of carbonyl (C=O) groups is 5. The van der Waals surface area contributed by atoms with Crippen molar-refractivity contribution in [2.75, 3.05) is 20.8 Å². The number of aliphatic hydroxyl groups is 1. The van der Waals surface area contributed by atoms with Crippen LogP contribution in [0.5, 0.6) is 11.5 Å². The summed E-state index contributed by atoms with van der Waals surface area (Å²) in [5, 5.41) is 14.2. The second-order valence-electron chi connectivity index (χ2n) is 22.3. The molecule has 3 aliphatic carbocycles. The summed E-state index contributed by atoms with van der Waals surface area (Å²) >= 11 is 0. The molecule has 398 valence electrons. The topological polar surface area (TPSA) is 210 Å². The highest BCUT2D eigenvalue weighted by Gasteiger charge is 2.80. The molecular formula is C55H71NO17. The van der Waals surface area contributed by atoms with Gasteiger partial charge in [0, 0.05) is 49.1 Å². The summed E-state index contributed by atoms with van der Waals surface area (Å²) < 4.78 is 69.9. The second-order valence-corrected chi connectivity index (χ2v) is 22.3. The van der Waals surface area contributed by atoms with Gasteiger partial charge in [-0.3, -0.25) is 14.5 Å². The van der Waals surface area contributed by atoms with E-state index in [9.17, 15) is 24.3 Å². The number of hydrogen-bond acceptors (Lipinski definition) is 17. The third kappa shape index (κ3) is 9.18. The first-order valence-electron chi connectivity index (χ1n) is 25.0. The van der Waals surface area contributed by atoms with Gasteiger partial charge in [-0.05, 0) is 81.5 Å². The van der Waals surface area contributed by atoms with Crippen LogP contribution < -0.4 is 9.47 Å². The lowest BCUT2D eigenvalue weighted by atomic mass is 9.44. The van der Waals surface area contributed by atoms with Gasteiger partial charge in [0.05, 0.1) is 44.5 Å². The maximum atomic E-state index is 15.4. The van der Waals surface area contributed by atoms with E-state index in [2.05, 4.69) is 6.58 Å². The minimum atomic E-state index is -2.24. The van der Waals surface area contributed by atoms with Crippen LogP contribution in [-0.2, 0) is 57.0 Å². The van der Waals surface area contributed by atoms with E-state index < -0.39 is 131 Å². The SMILES string of the molecule is C=CC1O[C@H]2C[C@H]3OC[C@@]3(OC(C)=O)[C@H]3[C@H](OC(=O)c4ccccc4)[C@]4(O)C[C@H](OC(=O)[C@@H]5OC(c6ccc(OC)cc6OC)N(C(=O)OC(C)(C)C)[C@H]5CC(C)C)C(C)=C([C@H](OC(C)=O)[C@H](O1)[C@]23C)C4(C)C. The molecule has 2 aromatic carbocycles. The molecule has 2 aromatic rings. The molecule has 3 saturated heterocycles. The average Bonchev–Trinajstić information content (AvgIpc) is 3.68. The molecule has 14 atom stereocenters. The van der Waals surface area contributed by atoms with Gasteiger partial charge in [-0.1, -0.05) is 59.4 Å². The van der Waals surface area contributed by atoms with Crippen LogP contribution in [0.3, 0.4) is 0 Å². The number of rotatable bonds is 12. The van der Waals surface area contributed by atoms with Crippen molar-refractivity contribution in [3.8, 4) is 11.5 Å². The van der Waals surface area contributed by atoms with Crippen molar-refractivity contribution in [3.63, 3.8) is 0 Å². The van der Waals surface area contributed by atoms with Gasteiger partial charge in [0.1, 0.15) is 47.1 Å². The molecule has 8 rings (SSSR count). The highest BCUT2D eigenvalue weighted by atomic mass is 16.7. The number of esters is 4. The van der Waals surface area contributed by atoms with E-state index in [1.807, 2.05) is 20.8 Å². The van der Waals surface area contributed by atoms with Gasteiger partial charge in [-0.2, -0.15) is 0 Å². The van der Waals surface area contributed by atoms with Gasteiger partial charge in [0.15, 0.2) is 30.3 Å². The molecule has 0 aromatic heterocycles. The Labute approximate surface area is 426 Å². The average molecular weight is 1020 g/mol. The quantitative estimate of drug-likeness (QED) is 0.125. The van der Waals surface area contributed by atoms with Crippen LogP contribution >= 0.6 is 0 Å². The van der Waals surface area contributed by atoms with Gasteiger partial charge in [-0.15, -0.1) is 0 Å². The highest BCUT2D eigenvalue weighted by molar-refractivity contribution is 5.89. The Morgan fingerprint density at radius 2 is 1.62 bits per heavy atom. The lowest BCUT2D eigenvalue weighted by Gasteiger charge is -2.71. The number of amides is 1. The van der Waals surface area contributed by atoms with Gasteiger partial charge >= 0.3 is 30.0 Å². The predicted molar refractivity (Wildman–Crippen MR) is 260 cm³/mol. The summed E-state index contributed by atoms with van der Waals surface area (Å²) in [7, 11) is 2.98. The van der Waals surface area contributed by atoms with E-state index in [-0.39, 0.29) is 30.9 Å². The second kappa shape index (κ2) is 19.6. The summed E-state index contributed by atoms with van der Waals surface area (Å²) in [6.07, 6.45) is -9.95. The van der Waals surface area contributed by atoms with E-state index in [1.165, 1.54) is 39.0 Å². The van der Waals surface area contributed by atoms with Crippen LogP contribution in [0.4, 0.5) is 4.79 Å². The Bertz CT molecular complexity index is 2520. The van der Waals surface area contributed by atoms with Gasteiger partial charge in [0.25, 0.3) is 0 Å². The Kier molecular flexibility index (Phi) is 14.5. The monoisotopic (exact) mass is 1020 g/mol. The van der Waals surface area contributed by atoms with Crippen molar-refractivity contribution in [3.05, 3.63) is 83.5 Å². The maximum Gasteiger partial charge on any atom is 0.413 e. The zero-order valence-corrected chi connectivity index (χ0v) is 44.1. The summed E-state index contributed by atoms with van der Waals surface area (Å²) in [5.74, 6) is -3.52. The Hall–Kier alpha value is -5.53. The number of benzene rings is 2. The number of ether oxygens (including phenoxy) is 11. The molecule has 0 spiro atoms. The molecular weight excluding hydrogens is 947 g/mol. The lowest BCUT2D eigenvalue weighted by molar-refractivity contribution is -0.405. The van der Waals surface area contributed by atoms with Gasteiger partial charge < -0.3 is 57.2 Å². The molecule has 6 aliphatic rings. The van der Waals surface area contributed by atoms with Crippen molar-refractivity contribution in [1.29, 1.82) is 0 Å². The molecule has 18 heteroatoms. The van der Waals surface area contributed by atoms with E-state index in [4.69, 9.17) is 52.1 Å². The van der Waals surface area contributed by atoms with E-state index in [1.54, 1.807) is 90.1 Å². The summed E-state index contributed by atoms with van der Waals surface area (Å²) in [4.78, 5) is 73.0. The molecule has 1 N–H and O–H groups in total. The Morgan fingerprint density at radius 1 is 0.918 bits per heavy atom. The third-order valence-electron chi connectivity index (χ3n) is 15.9. The van der Waals surface area contributed by atoms with Gasteiger partial charge in [-0.25, -0.2) is 14.4 Å². The predicted octanol–water partition coefficient (Wildman–Crippen LogP) is 7.34. The molecule has 2 unspecified atom stereocenters. The largest absolute Gasteiger partial charge is 0.497 e. The molecule has 18 nitrogen and oxygen atoms in total. The van der Waals surface area contributed by atoms with Crippen molar-refractivity contribution < 1.29 is 81.2 Å². The summed E-state index contributed by atoms with van der Waals surface area (Å²) in [6, 6.07) is 12.3. The molecule has 3 heterocycles. The van der Waals surface area contributed by atoms with Crippen LogP contribution in [-0.4, -0.2) is 133 Å². The van der Waals surface area contributed by atoms with Crippen LogP contribution in [0.2, 0.25) is 0 Å². The fraction of sp³-hybridized carbons (Fsp3) is 0.618. The first-order valence-corrected chi connectivity index (χ1v) is 25.0. The van der Waals surface area contributed by atoms with Crippen molar-refractivity contribution in [2.45, 2.75) is 174 Å². The maximum absolute atomic E-state index is 15.4. The van der Waals surface area contributed by atoms with Crippen LogP contribution in [0, 0.1) is 22.7 Å². The van der Waals surface area contributed by atoms with Gasteiger partial charge in [0.2, 0.25) is 0 Å². The van der Waals surface area contributed by atoms with Crippen molar-refractivity contribution in [2.24, 2.45) is 22.7 Å². The zero-order chi connectivity index (χ0) is 53.3.